The van der Waals surface area contributed by atoms with Gasteiger partial charge in [0.1, 0.15) is 11.7 Å². The van der Waals surface area contributed by atoms with Crippen LogP contribution in [0.2, 0.25) is 0 Å². The Morgan fingerprint density at radius 1 is 1.67 bits per heavy atom. The van der Waals surface area contributed by atoms with Gasteiger partial charge in [-0.3, -0.25) is 9.59 Å². The molecule has 2 N–H and O–H groups in total. The highest BCUT2D eigenvalue weighted by molar-refractivity contribution is 9.10. The molecule has 1 atom stereocenters. The number of nitrogens with zero attached hydrogens (tertiary/aromatic N) is 1. The van der Waals surface area contributed by atoms with Crippen molar-refractivity contribution in [2.45, 2.75) is 6.42 Å². The smallest absolute Gasteiger partial charge is 0.316 e. The fourth-order valence-corrected chi connectivity index (χ4v) is 1.84. The maximum atomic E-state index is 11.3. The van der Waals surface area contributed by atoms with Gasteiger partial charge in [-0.25, -0.2) is 4.98 Å². The lowest BCUT2D eigenvalue weighted by Crippen LogP contribution is -2.35. The van der Waals surface area contributed by atoms with Crippen LogP contribution in [0.5, 0.6) is 0 Å². The van der Waals surface area contributed by atoms with E-state index < -0.39 is 17.8 Å². The molecule has 0 bridgehead atoms. The molecule has 0 spiro atoms. The SMILES string of the molecule is O=C(O)C1Cc2cc(Br)cnc2NC1=O. The summed E-state index contributed by atoms with van der Waals surface area (Å²) in [5, 5.41) is 11.3. The van der Waals surface area contributed by atoms with E-state index in [1.54, 1.807) is 12.3 Å². The maximum Gasteiger partial charge on any atom is 0.316 e. The third-order valence-corrected chi connectivity index (χ3v) is 2.65. The number of hydrogen-bond donors (Lipinski definition) is 2. The summed E-state index contributed by atoms with van der Waals surface area (Å²) in [5.41, 5.74) is 0.733. The van der Waals surface area contributed by atoms with Crippen LogP contribution in [0.1, 0.15) is 5.56 Å². The lowest BCUT2D eigenvalue weighted by molar-refractivity contribution is -0.145. The van der Waals surface area contributed by atoms with Crippen LogP contribution in [-0.2, 0) is 16.0 Å². The van der Waals surface area contributed by atoms with Crippen molar-refractivity contribution in [3.63, 3.8) is 0 Å². The highest BCUT2D eigenvalue weighted by Gasteiger charge is 2.32. The molecule has 1 aliphatic heterocycles. The zero-order valence-corrected chi connectivity index (χ0v) is 9.11. The number of hydrogen-bond acceptors (Lipinski definition) is 3. The minimum atomic E-state index is -1.11. The molecule has 0 aromatic carbocycles. The van der Waals surface area contributed by atoms with Crippen molar-refractivity contribution in [2.75, 3.05) is 5.32 Å². The van der Waals surface area contributed by atoms with Gasteiger partial charge in [-0.2, -0.15) is 0 Å². The quantitative estimate of drug-likeness (QED) is 0.748. The molecule has 0 saturated carbocycles. The second-order valence-corrected chi connectivity index (χ2v) is 4.16. The second kappa shape index (κ2) is 3.62. The maximum absolute atomic E-state index is 11.3. The summed E-state index contributed by atoms with van der Waals surface area (Å²) in [4.78, 5) is 26.1. The number of nitrogens with one attached hydrogen (secondary N) is 1. The summed E-state index contributed by atoms with van der Waals surface area (Å²) < 4.78 is 0.765. The summed E-state index contributed by atoms with van der Waals surface area (Å²) in [6, 6.07) is 1.76. The van der Waals surface area contributed by atoms with E-state index >= 15 is 0 Å². The van der Waals surface area contributed by atoms with E-state index in [0.717, 1.165) is 10.0 Å². The van der Waals surface area contributed by atoms with Crippen LogP contribution in [0.3, 0.4) is 0 Å². The Morgan fingerprint density at radius 2 is 2.40 bits per heavy atom. The fourth-order valence-electron chi connectivity index (χ4n) is 1.47. The Kier molecular flexibility index (Phi) is 2.44. The third kappa shape index (κ3) is 1.85. The molecule has 0 fully saturated rings. The first-order valence-corrected chi connectivity index (χ1v) is 5.05. The van der Waals surface area contributed by atoms with Gasteiger partial charge in [0.05, 0.1) is 0 Å². The van der Waals surface area contributed by atoms with Gasteiger partial charge in [0.25, 0.3) is 0 Å². The first-order chi connectivity index (χ1) is 7.08. The highest BCUT2D eigenvalue weighted by atomic mass is 79.9. The van der Waals surface area contributed by atoms with Crippen LogP contribution in [-0.4, -0.2) is 22.0 Å². The molecule has 0 aliphatic carbocycles. The number of pyridine rings is 1. The van der Waals surface area contributed by atoms with E-state index in [1.165, 1.54) is 0 Å². The summed E-state index contributed by atoms with van der Waals surface area (Å²) >= 11 is 3.24. The van der Waals surface area contributed by atoms with E-state index in [9.17, 15) is 9.59 Å². The molecule has 1 aromatic rings. The molecule has 1 amide bonds. The number of carboxylic acid groups (broad SMARTS) is 1. The lowest BCUT2D eigenvalue weighted by Gasteiger charge is -2.20. The van der Waals surface area contributed by atoms with Crippen molar-refractivity contribution in [3.8, 4) is 0 Å². The van der Waals surface area contributed by atoms with Crippen molar-refractivity contribution in [3.05, 3.63) is 22.3 Å². The average Bonchev–Trinajstić information content (AvgIpc) is 2.17. The van der Waals surface area contributed by atoms with Crippen LogP contribution >= 0.6 is 15.9 Å². The topological polar surface area (TPSA) is 79.3 Å². The minimum Gasteiger partial charge on any atom is -0.481 e. The number of carbonyl (C=O) groups is 2. The predicted molar refractivity (Wildman–Crippen MR) is 55.4 cm³/mol. The molecule has 15 heavy (non-hydrogen) atoms. The number of anilines is 1. The molecule has 1 aromatic heterocycles. The Bertz CT molecular complexity index is 447. The van der Waals surface area contributed by atoms with E-state index in [2.05, 4.69) is 26.2 Å². The van der Waals surface area contributed by atoms with Gasteiger partial charge in [-0.15, -0.1) is 0 Å². The van der Waals surface area contributed by atoms with E-state index in [4.69, 9.17) is 5.11 Å². The largest absolute Gasteiger partial charge is 0.481 e. The number of fused-ring (bicyclic) bond motifs is 1. The molecule has 5 nitrogen and oxygen atoms in total. The monoisotopic (exact) mass is 270 g/mol. The molecular formula is C9H7BrN2O3. The number of carboxylic acids is 1. The Balaban J connectivity index is 2.39. The Morgan fingerprint density at radius 3 is 3.07 bits per heavy atom. The standard InChI is InChI=1S/C9H7BrN2O3/c10-5-1-4-2-6(9(14)15)8(13)12-7(4)11-3-5/h1,3,6H,2H2,(H,14,15)(H,11,12,13). The normalized spacial score (nSPS) is 19.3. The average molecular weight is 271 g/mol. The van der Waals surface area contributed by atoms with Gasteiger partial charge in [0.15, 0.2) is 0 Å². The zero-order chi connectivity index (χ0) is 11.0. The molecular weight excluding hydrogens is 264 g/mol. The van der Waals surface area contributed by atoms with Crippen molar-refractivity contribution >= 4 is 33.6 Å². The lowest BCUT2D eigenvalue weighted by atomic mass is 9.95. The summed E-state index contributed by atoms with van der Waals surface area (Å²) in [7, 11) is 0. The first-order valence-electron chi connectivity index (χ1n) is 4.26. The fraction of sp³-hybridized carbons (Fsp3) is 0.222. The van der Waals surface area contributed by atoms with Crippen LogP contribution < -0.4 is 5.32 Å². The first kappa shape index (κ1) is 10.1. The van der Waals surface area contributed by atoms with Gasteiger partial charge < -0.3 is 10.4 Å². The van der Waals surface area contributed by atoms with Crippen LogP contribution in [0.25, 0.3) is 0 Å². The number of carbonyl (C=O) groups excluding carboxylic acids is 1. The zero-order valence-electron chi connectivity index (χ0n) is 7.53. The second-order valence-electron chi connectivity index (χ2n) is 3.25. The summed E-state index contributed by atoms with van der Waals surface area (Å²) in [5.74, 6) is -2.20. The molecule has 0 saturated heterocycles. The van der Waals surface area contributed by atoms with E-state index in [1.807, 2.05) is 0 Å². The van der Waals surface area contributed by atoms with Gasteiger partial charge in [0, 0.05) is 10.7 Å². The number of halogens is 1. The van der Waals surface area contributed by atoms with Crippen LogP contribution in [0.15, 0.2) is 16.7 Å². The Hall–Kier alpha value is -1.43. The van der Waals surface area contributed by atoms with Gasteiger partial charge in [0.2, 0.25) is 5.91 Å². The highest BCUT2D eigenvalue weighted by Crippen LogP contribution is 2.26. The van der Waals surface area contributed by atoms with Crippen molar-refractivity contribution in [1.29, 1.82) is 0 Å². The molecule has 6 heteroatoms. The van der Waals surface area contributed by atoms with Crippen molar-refractivity contribution in [2.24, 2.45) is 5.92 Å². The van der Waals surface area contributed by atoms with Gasteiger partial charge >= 0.3 is 5.97 Å². The van der Waals surface area contributed by atoms with E-state index in [-0.39, 0.29) is 6.42 Å². The molecule has 78 valence electrons. The van der Waals surface area contributed by atoms with Gasteiger partial charge in [-0.1, -0.05) is 0 Å². The third-order valence-electron chi connectivity index (χ3n) is 2.21. The number of aliphatic carboxylic acids is 1. The number of amides is 1. The molecule has 2 rings (SSSR count). The minimum absolute atomic E-state index is 0.183. The van der Waals surface area contributed by atoms with Crippen molar-refractivity contribution in [1.82, 2.24) is 4.98 Å². The van der Waals surface area contributed by atoms with Crippen molar-refractivity contribution < 1.29 is 14.7 Å². The molecule has 2 heterocycles. The number of rotatable bonds is 1. The Labute approximate surface area is 93.6 Å². The van der Waals surface area contributed by atoms with E-state index in [0.29, 0.717) is 5.82 Å². The summed E-state index contributed by atoms with van der Waals surface area (Å²) in [6.07, 6.45) is 1.74. The summed E-state index contributed by atoms with van der Waals surface area (Å²) in [6.45, 7) is 0. The van der Waals surface area contributed by atoms with Gasteiger partial charge in [-0.05, 0) is 34.0 Å². The molecule has 1 unspecified atom stereocenters. The number of aromatic nitrogens is 1. The van der Waals surface area contributed by atoms with Crippen LogP contribution in [0.4, 0.5) is 5.82 Å². The molecule has 1 aliphatic rings. The van der Waals surface area contributed by atoms with Crippen LogP contribution in [0, 0.1) is 5.92 Å². The molecule has 0 radical (unpaired) electrons. The predicted octanol–water partition coefficient (Wildman–Crippen LogP) is 1.04.